The molecular weight excluding hydrogens is 346 g/mol. The molecule has 0 aliphatic rings. The van der Waals surface area contributed by atoms with Crippen molar-refractivity contribution in [2.45, 2.75) is 6.10 Å². The fourth-order valence-corrected chi connectivity index (χ4v) is 1.99. The highest BCUT2D eigenvalue weighted by molar-refractivity contribution is 9.10. The molecule has 0 fully saturated rings. The Morgan fingerprint density at radius 1 is 1.47 bits per heavy atom. The molecule has 0 spiro atoms. The van der Waals surface area contributed by atoms with Gasteiger partial charge in [-0.3, -0.25) is 0 Å². The number of aliphatic carboxylic acids is 1. The minimum atomic E-state index is -1.71. The van der Waals surface area contributed by atoms with E-state index in [1.165, 1.54) is 0 Å². The first-order valence-corrected chi connectivity index (χ1v) is 6.08. The number of urea groups is 1. The summed E-state index contributed by atoms with van der Waals surface area (Å²) in [5, 5.41) is 21.8. The number of anilines is 1. The minimum absolute atomic E-state index is 0.0270. The molecule has 0 saturated carbocycles. The Morgan fingerprint density at radius 2 is 2.11 bits per heavy atom. The molecule has 0 aliphatic heterocycles. The Balaban J connectivity index is 2.65. The summed E-state index contributed by atoms with van der Waals surface area (Å²) in [6.07, 6.45) is -1.71. The van der Waals surface area contributed by atoms with Crippen LogP contribution in [-0.4, -0.2) is 34.9 Å². The lowest BCUT2D eigenvalue weighted by Crippen LogP contribution is -2.38. The van der Waals surface area contributed by atoms with E-state index in [2.05, 4.69) is 26.6 Å². The van der Waals surface area contributed by atoms with Gasteiger partial charge in [0.2, 0.25) is 0 Å². The number of aliphatic hydroxyl groups excluding tert-OH is 1. The normalized spacial score (nSPS) is 11.8. The van der Waals surface area contributed by atoms with Gasteiger partial charge in [-0.1, -0.05) is 11.6 Å². The lowest BCUT2D eigenvalue weighted by atomic mass is 10.3. The maximum atomic E-state index is 12.9. The van der Waals surface area contributed by atoms with Crippen LogP contribution in [0.15, 0.2) is 16.6 Å². The molecule has 2 amide bonds. The summed E-state index contributed by atoms with van der Waals surface area (Å²) >= 11 is 8.76. The molecule has 1 unspecified atom stereocenters. The molecule has 0 bridgehead atoms. The maximum absolute atomic E-state index is 12.9. The van der Waals surface area contributed by atoms with Crippen molar-refractivity contribution in [3.8, 4) is 0 Å². The first-order valence-electron chi connectivity index (χ1n) is 4.91. The monoisotopic (exact) mass is 354 g/mol. The smallest absolute Gasteiger partial charge is 0.334 e. The largest absolute Gasteiger partial charge is 0.479 e. The summed E-state index contributed by atoms with van der Waals surface area (Å²) in [7, 11) is 0. The van der Waals surface area contributed by atoms with Crippen LogP contribution in [0, 0.1) is 5.82 Å². The first kappa shape index (κ1) is 15.7. The molecule has 0 radical (unpaired) electrons. The summed E-state index contributed by atoms with van der Waals surface area (Å²) in [5.41, 5.74) is 0.130. The van der Waals surface area contributed by atoms with E-state index in [1.54, 1.807) is 0 Å². The van der Waals surface area contributed by atoms with Crippen molar-refractivity contribution in [3.63, 3.8) is 0 Å². The predicted octanol–water partition coefficient (Wildman–Crippen LogP) is 1.81. The van der Waals surface area contributed by atoms with Crippen molar-refractivity contribution in [2.75, 3.05) is 11.9 Å². The van der Waals surface area contributed by atoms with Crippen LogP contribution in [0.1, 0.15) is 0 Å². The van der Waals surface area contributed by atoms with E-state index < -0.39 is 30.5 Å². The van der Waals surface area contributed by atoms with E-state index in [-0.39, 0.29) is 15.2 Å². The van der Waals surface area contributed by atoms with Crippen LogP contribution in [0.4, 0.5) is 14.9 Å². The van der Waals surface area contributed by atoms with Gasteiger partial charge in [-0.2, -0.15) is 0 Å². The molecule has 9 heteroatoms. The number of benzene rings is 1. The maximum Gasteiger partial charge on any atom is 0.334 e. The van der Waals surface area contributed by atoms with Crippen molar-refractivity contribution >= 4 is 45.2 Å². The van der Waals surface area contributed by atoms with Crippen molar-refractivity contribution in [1.82, 2.24) is 5.32 Å². The Labute approximate surface area is 120 Å². The second kappa shape index (κ2) is 6.69. The highest BCUT2D eigenvalue weighted by Gasteiger charge is 2.15. The zero-order chi connectivity index (χ0) is 14.6. The van der Waals surface area contributed by atoms with E-state index in [0.29, 0.717) is 0 Å². The van der Waals surface area contributed by atoms with Crippen LogP contribution in [0.2, 0.25) is 5.02 Å². The molecule has 0 saturated heterocycles. The third-order valence-corrected chi connectivity index (χ3v) is 2.91. The lowest BCUT2D eigenvalue weighted by molar-refractivity contribution is -0.146. The number of carbonyl (C=O) groups excluding carboxylic acids is 1. The van der Waals surface area contributed by atoms with E-state index in [4.69, 9.17) is 21.8 Å². The zero-order valence-electron chi connectivity index (χ0n) is 9.28. The second-order valence-corrected chi connectivity index (χ2v) is 4.70. The number of hydrogen-bond acceptors (Lipinski definition) is 3. The summed E-state index contributed by atoms with van der Waals surface area (Å²) < 4.78 is 13.2. The van der Waals surface area contributed by atoms with Gasteiger partial charge < -0.3 is 20.8 Å². The molecule has 0 aromatic heterocycles. The summed E-state index contributed by atoms with van der Waals surface area (Å²) in [4.78, 5) is 21.8. The number of amides is 2. The van der Waals surface area contributed by atoms with Gasteiger partial charge >= 0.3 is 12.0 Å². The minimum Gasteiger partial charge on any atom is -0.479 e. The quantitative estimate of drug-likeness (QED) is 0.662. The van der Waals surface area contributed by atoms with E-state index in [9.17, 15) is 14.0 Å². The highest BCUT2D eigenvalue weighted by atomic mass is 79.9. The third kappa shape index (κ3) is 4.66. The lowest BCUT2D eigenvalue weighted by Gasteiger charge is -2.12. The average molecular weight is 356 g/mol. The molecule has 1 atom stereocenters. The van der Waals surface area contributed by atoms with Gasteiger partial charge in [0.05, 0.1) is 17.3 Å². The van der Waals surface area contributed by atoms with Gasteiger partial charge in [0.25, 0.3) is 0 Å². The number of carboxylic acid groups (broad SMARTS) is 1. The number of carboxylic acids is 1. The molecule has 1 aromatic carbocycles. The van der Waals surface area contributed by atoms with Gasteiger partial charge in [0.15, 0.2) is 6.10 Å². The van der Waals surface area contributed by atoms with Gasteiger partial charge in [-0.05, 0) is 28.1 Å². The third-order valence-electron chi connectivity index (χ3n) is 1.99. The number of carbonyl (C=O) groups is 2. The molecule has 1 rings (SSSR count). The molecule has 19 heavy (non-hydrogen) atoms. The topological polar surface area (TPSA) is 98.7 Å². The van der Waals surface area contributed by atoms with Gasteiger partial charge in [0, 0.05) is 4.47 Å². The van der Waals surface area contributed by atoms with Crippen LogP contribution in [0.3, 0.4) is 0 Å². The summed E-state index contributed by atoms with van der Waals surface area (Å²) in [5.74, 6) is -2.04. The van der Waals surface area contributed by atoms with E-state index in [0.717, 1.165) is 12.1 Å². The number of rotatable bonds is 4. The van der Waals surface area contributed by atoms with E-state index >= 15 is 0 Å². The Morgan fingerprint density at radius 3 is 2.63 bits per heavy atom. The van der Waals surface area contributed by atoms with E-state index in [1.807, 2.05) is 0 Å². The molecule has 0 aliphatic carbocycles. The Kier molecular flexibility index (Phi) is 5.52. The number of hydrogen-bond donors (Lipinski definition) is 4. The van der Waals surface area contributed by atoms with Gasteiger partial charge in [0.1, 0.15) is 5.82 Å². The summed E-state index contributed by atoms with van der Waals surface area (Å²) in [6.45, 7) is -0.475. The van der Waals surface area contributed by atoms with Crippen LogP contribution in [0.5, 0.6) is 0 Å². The second-order valence-electron chi connectivity index (χ2n) is 3.43. The molecule has 104 valence electrons. The Hall–Kier alpha value is -1.38. The van der Waals surface area contributed by atoms with Crippen molar-refractivity contribution in [2.24, 2.45) is 0 Å². The zero-order valence-corrected chi connectivity index (χ0v) is 11.6. The average Bonchev–Trinajstić information content (AvgIpc) is 2.30. The molecule has 4 N–H and O–H groups in total. The van der Waals surface area contributed by atoms with Gasteiger partial charge in [-0.25, -0.2) is 14.0 Å². The SMILES string of the molecule is O=C(NCC(O)C(=O)O)Nc1c(Cl)cc(F)cc1Br. The standard InChI is InChI=1S/C10H9BrClFN2O4/c11-5-1-4(13)2-6(12)8(5)15-10(19)14-3-7(16)9(17)18/h1-2,7,16H,3H2,(H,17,18)(H2,14,15,19). The first-order chi connectivity index (χ1) is 8.81. The van der Waals surface area contributed by atoms with Crippen LogP contribution in [-0.2, 0) is 4.79 Å². The molecular formula is C10H9BrClFN2O4. The Bertz CT molecular complexity index is 491. The van der Waals surface area contributed by atoms with Crippen LogP contribution >= 0.6 is 27.5 Å². The fourth-order valence-electron chi connectivity index (χ4n) is 1.10. The van der Waals surface area contributed by atoms with Crippen molar-refractivity contribution in [1.29, 1.82) is 0 Å². The number of nitrogens with one attached hydrogen (secondary N) is 2. The molecule has 0 heterocycles. The predicted molar refractivity (Wildman–Crippen MR) is 69.8 cm³/mol. The van der Waals surface area contributed by atoms with Crippen molar-refractivity contribution in [3.05, 3.63) is 27.4 Å². The van der Waals surface area contributed by atoms with Gasteiger partial charge in [-0.15, -0.1) is 0 Å². The highest BCUT2D eigenvalue weighted by Crippen LogP contribution is 2.31. The summed E-state index contributed by atoms with van der Waals surface area (Å²) in [6, 6.07) is 1.33. The fraction of sp³-hybridized carbons (Fsp3) is 0.200. The number of aliphatic hydroxyl groups is 1. The number of halogens is 3. The van der Waals surface area contributed by atoms with Crippen molar-refractivity contribution < 1.29 is 24.2 Å². The van der Waals surface area contributed by atoms with Crippen LogP contribution in [0.25, 0.3) is 0 Å². The molecule has 6 nitrogen and oxygen atoms in total. The molecule has 1 aromatic rings. The van der Waals surface area contributed by atoms with Crippen LogP contribution < -0.4 is 10.6 Å².